The van der Waals surface area contributed by atoms with Gasteiger partial charge in [0.15, 0.2) is 6.61 Å². The summed E-state index contributed by atoms with van der Waals surface area (Å²) >= 11 is 3.20. The van der Waals surface area contributed by atoms with Crippen LogP contribution in [0, 0.1) is 5.82 Å². The first-order valence-electron chi connectivity index (χ1n) is 6.46. The van der Waals surface area contributed by atoms with Crippen molar-refractivity contribution in [2.75, 3.05) is 13.7 Å². The first-order valence-corrected chi connectivity index (χ1v) is 7.25. The average Bonchev–Trinajstić information content (AvgIpc) is 2.93. The Balaban J connectivity index is 1.86. The first-order chi connectivity index (χ1) is 10.5. The normalized spacial score (nSPS) is 10.3. The Kier molecular flexibility index (Phi) is 5.32. The number of carbonyl (C=O) groups excluding carboxylic acids is 2. The van der Waals surface area contributed by atoms with Gasteiger partial charge < -0.3 is 14.6 Å². The van der Waals surface area contributed by atoms with E-state index in [1.54, 1.807) is 30.5 Å². The quantitative estimate of drug-likeness (QED) is 0.825. The number of H-pyrrole nitrogens is 1. The van der Waals surface area contributed by atoms with Gasteiger partial charge in [0.2, 0.25) is 0 Å². The number of nitrogens with zero attached hydrogens (tertiary/aromatic N) is 1. The van der Waals surface area contributed by atoms with E-state index in [0.29, 0.717) is 10.0 Å². The summed E-state index contributed by atoms with van der Waals surface area (Å²) in [5.74, 6) is -1.42. The molecule has 0 atom stereocenters. The minimum Gasteiger partial charge on any atom is -0.451 e. The van der Waals surface area contributed by atoms with Crippen molar-refractivity contribution in [1.82, 2.24) is 9.88 Å². The molecule has 0 unspecified atom stereocenters. The fraction of sp³-hybridized carbons (Fsp3) is 0.200. The summed E-state index contributed by atoms with van der Waals surface area (Å²) < 4.78 is 19.1. The van der Waals surface area contributed by atoms with Gasteiger partial charge >= 0.3 is 5.97 Å². The minimum absolute atomic E-state index is 0.108. The lowest BCUT2D eigenvalue weighted by molar-refractivity contribution is -0.133. The van der Waals surface area contributed by atoms with Crippen LogP contribution in [0.25, 0.3) is 0 Å². The second kappa shape index (κ2) is 7.22. The number of aromatic nitrogens is 1. The molecule has 1 heterocycles. The predicted octanol–water partition coefficient (Wildman–Crippen LogP) is 2.73. The lowest BCUT2D eigenvalue weighted by Crippen LogP contribution is -2.31. The van der Waals surface area contributed by atoms with E-state index < -0.39 is 18.5 Å². The fourth-order valence-electron chi connectivity index (χ4n) is 1.77. The molecule has 0 aliphatic carbocycles. The third kappa shape index (κ3) is 4.17. The Morgan fingerprint density at radius 2 is 2.09 bits per heavy atom. The van der Waals surface area contributed by atoms with Crippen molar-refractivity contribution in [1.29, 1.82) is 0 Å². The number of aromatic amines is 1. The molecule has 0 radical (unpaired) electrons. The number of benzene rings is 1. The molecular weight excluding hydrogens is 355 g/mol. The Labute approximate surface area is 135 Å². The van der Waals surface area contributed by atoms with Crippen LogP contribution in [-0.4, -0.2) is 35.4 Å². The molecule has 1 N–H and O–H groups in total. The van der Waals surface area contributed by atoms with E-state index in [9.17, 15) is 14.0 Å². The standard InChI is InChI=1S/C15H14BrFN2O3/c1-19(8-10-4-2-3-5-12(10)17)14(20)9-22-15(21)13-6-11(16)7-18-13/h2-7,18H,8-9H2,1H3. The minimum atomic E-state index is -0.627. The zero-order chi connectivity index (χ0) is 16.1. The van der Waals surface area contributed by atoms with Crippen molar-refractivity contribution in [2.24, 2.45) is 0 Å². The SMILES string of the molecule is CN(Cc1ccccc1F)C(=O)COC(=O)c1cc(Br)c[nH]1. The van der Waals surface area contributed by atoms with E-state index in [-0.39, 0.29) is 18.1 Å². The molecular formula is C15H14BrFN2O3. The smallest absolute Gasteiger partial charge is 0.355 e. The second-order valence-electron chi connectivity index (χ2n) is 4.65. The highest BCUT2D eigenvalue weighted by Crippen LogP contribution is 2.12. The maximum Gasteiger partial charge on any atom is 0.355 e. The van der Waals surface area contributed by atoms with Crippen molar-refractivity contribution in [3.8, 4) is 0 Å². The lowest BCUT2D eigenvalue weighted by Gasteiger charge is -2.17. The molecule has 0 spiro atoms. The molecule has 0 aliphatic heterocycles. The summed E-state index contributed by atoms with van der Waals surface area (Å²) in [5.41, 5.74) is 0.648. The van der Waals surface area contributed by atoms with Gasteiger partial charge in [-0.25, -0.2) is 9.18 Å². The molecule has 0 saturated carbocycles. The van der Waals surface area contributed by atoms with Gasteiger partial charge in [-0.05, 0) is 28.1 Å². The zero-order valence-electron chi connectivity index (χ0n) is 11.8. The number of esters is 1. The van der Waals surface area contributed by atoms with Crippen LogP contribution in [0.3, 0.4) is 0 Å². The van der Waals surface area contributed by atoms with E-state index in [2.05, 4.69) is 20.9 Å². The molecule has 1 aromatic heterocycles. The summed E-state index contributed by atoms with van der Waals surface area (Å²) in [5, 5.41) is 0. The zero-order valence-corrected chi connectivity index (χ0v) is 13.4. The summed E-state index contributed by atoms with van der Waals surface area (Å²) in [6, 6.07) is 7.75. The predicted molar refractivity (Wildman–Crippen MR) is 81.6 cm³/mol. The van der Waals surface area contributed by atoms with Crippen molar-refractivity contribution in [3.05, 3.63) is 58.1 Å². The van der Waals surface area contributed by atoms with Gasteiger partial charge in [-0.3, -0.25) is 4.79 Å². The fourth-order valence-corrected chi connectivity index (χ4v) is 2.11. The molecule has 2 aromatic rings. The third-order valence-corrected chi connectivity index (χ3v) is 3.44. The molecule has 1 amide bonds. The number of carbonyl (C=O) groups is 2. The number of halogens is 2. The molecule has 0 fully saturated rings. The largest absolute Gasteiger partial charge is 0.451 e. The van der Waals surface area contributed by atoms with Crippen molar-refractivity contribution in [2.45, 2.75) is 6.54 Å². The van der Waals surface area contributed by atoms with Crippen LogP contribution < -0.4 is 0 Å². The Morgan fingerprint density at radius 3 is 2.73 bits per heavy atom. The van der Waals surface area contributed by atoms with E-state index in [1.165, 1.54) is 18.0 Å². The molecule has 0 saturated heterocycles. The maximum absolute atomic E-state index is 13.5. The van der Waals surface area contributed by atoms with E-state index in [1.807, 2.05) is 0 Å². The Bertz CT molecular complexity index is 687. The summed E-state index contributed by atoms with van der Waals surface area (Å²) in [6.45, 7) is -0.294. The summed E-state index contributed by atoms with van der Waals surface area (Å²) in [4.78, 5) is 27.6. The highest BCUT2D eigenvalue weighted by atomic mass is 79.9. The monoisotopic (exact) mass is 368 g/mol. The maximum atomic E-state index is 13.5. The van der Waals surface area contributed by atoms with Crippen molar-refractivity contribution in [3.63, 3.8) is 0 Å². The van der Waals surface area contributed by atoms with Gasteiger partial charge in [0.1, 0.15) is 11.5 Å². The molecule has 116 valence electrons. The van der Waals surface area contributed by atoms with Crippen LogP contribution in [-0.2, 0) is 16.1 Å². The van der Waals surface area contributed by atoms with Gasteiger partial charge in [0.05, 0.1) is 0 Å². The first kappa shape index (κ1) is 16.2. The number of amides is 1. The summed E-state index contributed by atoms with van der Waals surface area (Å²) in [7, 11) is 1.52. The molecule has 5 nitrogen and oxygen atoms in total. The average molecular weight is 369 g/mol. The van der Waals surface area contributed by atoms with E-state index >= 15 is 0 Å². The molecule has 7 heteroatoms. The molecule has 0 aliphatic rings. The number of nitrogens with one attached hydrogen (secondary N) is 1. The highest BCUT2D eigenvalue weighted by Gasteiger charge is 2.15. The Morgan fingerprint density at radius 1 is 1.36 bits per heavy atom. The van der Waals surface area contributed by atoms with Crippen LogP contribution in [0.1, 0.15) is 16.1 Å². The molecule has 22 heavy (non-hydrogen) atoms. The number of hydrogen-bond donors (Lipinski definition) is 1. The number of likely N-dealkylation sites (N-methyl/N-ethyl adjacent to an activating group) is 1. The topological polar surface area (TPSA) is 62.4 Å². The van der Waals surface area contributed by atoms with Crippen molar-refractivity contribution < 1.29 is 18.7 Å². The van der Waals surface area contributed by atoms with Gasteiger partial charge in [-0.15, -0.1) is 0 Å². The lowest BCUT2D eigenvalue weighted by atomic mass is 10.2. The summed E-state index contributed by atoms with van der Waals surface area (Å²) in [6.07, 6.45) is 1.59. The molecule has 2 rings (SSSR count). The van der Waals surface area contributed by atoms with Gasteiger partial charge in [0, 0.05) is 29.8 Å². The van der Waals surface area contributed by atoms with Crippen LogP contribution in [0.4, 0.5) is 4.39 Å². The van der Waals surface area contributed by atoms with Crippen LogP contribution in [0.5, 0.6) is 0 Å². The molecule has 0 bridgehead atoms. The van der Waals surface area contributed by atoms with Crippen LogP contribution >= 0.6 is 15.9 Å². The number of hydrogen-bond acceptors (Lipinski definition) is 3. The van der Waals surface area contributed by atoms with Gasteiger partial charge in [-0.1, -0.05) is 18.2 Å². The third-order valence-electron chi connectivity index (χ3n) is 2.99. The number of rotatable bonds is 5. The van der Waals surface area contributed by atoms with Crippen molar-refractivity contribution >= 4 is 27.8 Å². The van der Waals surface area contributed by atoms with Crippen LogP contribution in [0.15, 0.2) is 41.0 Å². The van der Waals surface area contributed by atoms with Crippen LogP contribution in [0.2, 0.25) is 0 Å². The Hall–Kier alpha value is -2.15. The van der Waals surface area contributed by atoms with Gasteiger partial charge in [0.25, 0.3) is 5.91 Å². The highest BCUT2D eigenvalue weighted by molar-refractivity contribution is 9.10. The second-order valence-corrected chi connectivity index (χ2v) is 5.56. The van der Waals surface area contributed by atoms with E-state index in [0.717, 1.165) is 0 Å². The number of ether oxygens (including phenoxy) is 1. The molecule has 1 aromatic carbocycles. The van der Waals surface area contributed by atoms with E-state index in [4.69, 9.17) is 4.74 Å². The van der Waals surface area contributed by atoms with Gasteiger partial charge in [-0.2, -0.15) is 0 Å².